The van der Waals surface area contributed by atoms with Crippen LogP contribution in [0, 0.1) is 52.3 Å². The first kappa shape index (κ1) is 19.9. The number of fused-ring (bicyclic) bond motifs is 5. The van der Waals surface area contributed by atoms with Crippen molar-refractivity contribution in [2.75, 3.05) is 0 Å². The van der Waals surface area contributed by atoms with Crippen molar-refractivity contribution >= 4 is 0 Å². The minimum absolute atomic E-state index is 0.560. The lowest BCUT2D eigenvalue weighted by Crippen LogP contribution is -2.53. The fourth-order valence-corrected chi connectivity index (χ4v) is 9.73. The van der Waals surface area contributed by atoms with E-state index < -0.39 is 0 Å². The van der Waals surface area contributed by atoms with Crippen molar-refractivity contribution in [1.82, 2.24) is 0 Å². The van der Waals surface area contributed by atoms with Gasteiger partial charge in [-0.25, -0.2) is 0 Å². The van der Waals surface area contributed by atoms with Gasteiger partial charge in [0.25, 0.3) is 0 Å². The van der Waals surface area contributed by atoms with E-state index in [1.54, 1.807) is 25.7 Å². The maximum Gasteiger partial charge on any atom is 0.0864 e. The highest BCUT2D eigenvalue weighted by Crippen LogP contribution is 2.68. The normalized spacial score (nSPS) is 54.0. The van der Waals surface area contributed by atoms with Crippen LogP contribution in [0.4, 0.5) is 0 Å². The Labute approximate surface area is 174 Å². The molecular weight excluding hydrogens is 340 g/mol. The Kier molecular flexibility index (Phi) is 4.97. The van der Waals surface area contributed by atoms with Crippen LogP contribution in [0.5, 0.6) is 0 Å². The Morgan fingerprint density at radius 3 is 2.36 bits per heavy atom. The molecule has 0 aromatic heterocycles. The molecule has 0 spiro atoms. The molecule has 1 aliphatic heterocycles. The number of epoxide rings is 1. The van der Waals surface area contributed by atoms with Gasteiger partial charge in [-0.2, -0.15) is 0 Å². The van der Waals surface area contributed by atoms with Crippen molar-refractivity contribution in [3.8, 4) is 0 Å². The first-order valence-electron chi connectivity index (χ1n) is 13.0. The molecule has 1 nitrogen and oxygen atoms in total. The van der Waals surface area contributed by atoms with E-state index in [9.17, 15) is 0 Å². The van der Waals surface area contributed by atoms with Gasteiger partial charge in [-0.3, -0.25) is 0 Å². The Morgan fingerprint density at radius 2 is 1.61 bits per heavy atom. The average Bonchev–Trinajstić information content (AvgIpc) is 3.33. The molecule has 5 aliphatic rings. The van der Waals surface area contributed by atoms with E-state index in [2.05, 4.69) is 34.6 Å². The molecule has 1 saturated heterocycles. The zero-order valence-corrected chi connectivity index (χ0v) is 19.4. The largest absolute Gasteiger partial charge is 0.369 e. The van der Waals surface area contributed by atoms with E-state index in [0.29, 0.717) is 29.0 Å². The Morgan fingerprint density at radius 1 is 0.821 bits per heavy atom. The summed E-state index contributed by atoms with van der Waals surface area (Å²) in [6.45, 7) is 12.7. The Hall–Kier alpha value is -0.0400. The topological polar surface area (TPSA) is 12.5 Å². The summed E-state index contributed by atoms with van der Waals surface area (Å²) in [6, 6.07) is 0. The van der Waals surface area contributed by atoms with Crippen molar-refractivity contribution in [3.05, 3.63) is 0 Å². The van der Waals surface area contributed by atoms with Gasteiger partial charge in [0.2, 0.25) is 0 Å². The van der Waals surface area contributed by atoms with E-state index in [0.717, 1.165) is 35.5 Å². The second kappa shape index (κ2) is 7.00. The van der Waals surface area contributed by atoms with Gasteiger partial charge in [0.15, 0.2) is 0 Å². The molecule has 0 N–H and O–H groups in total. The standard InChI is InChI=1S/C27H46O/c1-17(2)25-24(28-25)16-18(3)21-11-12-22-20-10-9-19-8-6-7-14-26(19,4)23(20)13-15-27(21,22)5/h17-25H,6-16H2,1-5H3/t18-,19+,20+,21-,22+,23+,24?,25?,26+,27-/m1/s1. The molecule has 0 aromatic carbocycles. The van der Waals surface area contributed by atoms with Gasteiger partial charge in [-0.1, -0.05) is 47.5 Å². The van der Waals surface area contributed by atoms with Crippen LogP contribution in [0.1, 0.15) is 105 Å². The van der Waals surface area contributed by atoms with Crippen molar-refractivity contribution in [3.63, 3.8) is 0 Å². The van der Waals surface area contributed by atoms with Gasteiger partial charge in [-0.05, 0) is 110 Å². The van der Waals surface area contributed by atoms with Crippen molar-refractivity contribution in [1.29, 1.82) is 0 Å². The van der Waals surface area contributed by atoms with Gasteiger partial charge in [-0.15, -0.1) is 0 Å². The average molecular weight is 387 g/mol. The molecule has 1 heteroatoms. The lowest BCUT2D eigenvalue weighted by molar-refractivity contribution is -0.114. The quantitative estimate of drug-likeness (QED) is 0.456. The molecule has 28 heavy (non-hydrogen) atoms. The summed E-state index contributed by atoms with van der Waals surface area (Å²) in [7, 11) is 0. The summed E-state index contributed by atoms with van der Waals surface area (Å²) < 4.78 is 6.04. The number of rotatable bonds is 4. The molecule has 1 heterocycles. The zero-order chi connectivity index (χ0) is 19.7. The van der Waals surface area contributed by atoms with Crippen LogP contribution in [0.3, 0.4) is 0 Å². The second-order valence-electron chi connectivity index (χ2n) is 12.7. The summed E-state index contributed by atoms with van der Waals surface area (Å²) in [6.07, 6.45) is 17.8. The number of hydrogen-bond acceptors (Lipinski definition) is 1. The molecular formula is C27H46O. The SMILES string of the molecule is CC(C)C1OC1C[C@@H](C)[C@H]1CC[C@H]2[C@@H]3CC[C@@H]4CCCC[C@]4(C)[C@H]3CC[C@]12C. The summed E-state index contributed by atoms with van der Waals surface area (Å²) in [5.74, 6) is 6.69. The molecule has 0 amide bonds. The second-order valence-corrected chi connectivity index (χ2v) is 12.7. The molecule has 10 atom stereocenters. The number of hydrogen-bond donors (Lipinski definition) is 0. The lowest BCUT2D eigenvalue weighted by atomic mass is 9.44. The minimum atomic E-state index is 0.560. The van der Waals surface area contributed by atoms with Gasteiger partial charge in [0, 0.05) is 0 Å². The van der Waals surface area contributed by atoms with Crippen LogP contribution >= 0.6 is 0 Å². The van der Waals surface area contributed by atoms with Crippen molar-refractivity contribution in [2.24, 2.45) is 52.3 Å². The van der Waals surface area contributed by atoms with Crippen LogP contribution in [0.2, 0.25) is 0 Å². The minimum Gasteiger partial charge on any atom is -0.369 e. The monoisotopic (exact) mass is 386 g/mol. The van der Waals surface area contributed by atoms with Crippen LogP contribution < -0.4 is 0 Å². The van der Waals surface area contributed by atoms with Gasteiger partial charge >= 0.3 is 0 Å². The third kappa shape index (κ3) is 2.96. The first-order valence-corrected chi connectivity index (χ1v) is 13.0. The summed E-state index contributed by atoms with van der Waals surface area (Å²) in [5, 5.41) is 0. The van der Waals surface area contributed by atoms with Crippen LogP contribution in [-0.4, -0.2) is 12.2 Å². The highest BCUT2D eigenvalue weighted by atomic mass is 16.6. The molecule has 5 fully saturated rings. The fourth-order valence-electron chi connectivity index (χ4n) is 9.73. The molecule has 0 radical (unpaired) electrons. The van der Waals surface area contributed by atoms with E-state index in [1.165, 1.54) is 44.9 Å². The van der Waals surface area contributed by atoms with E-state index in [4.69, 9.17) is 4.74 Å². The Bertz CT molecular complexity index is 583. The fraction of sp³-hybridized carbons (Fsp3) is 1.00. The highest BCUT2D eigenvalue weighted by Gasteiger charge is 2.60. The molecule has 2 unspecified atom stereocenters. The lowest BCUT2D eigenvalue weighted by Gasteiger charge is -2.61. The van der Waals surface area contributed by atoms with Crippen LogP contribution in [0.15, 0.2) is 0 Å². The Balaban J connectivity index is 1.30. The molecule has 0 aromatic rings. The highest BCUT2D eigenvalue weighted by molar-refractivity contribution is 5.09. The summed E-state index contributed by atoms with van der Waals surface area (Å²) in [4.78, 5) is 0. The van der Waals surface area contributed by atoms with Gasteiger partial charge in [0.05, 0.1) is 12.2 Å². The molecule has 4 aliphatic carbocycles. The predicted octanol–water partition coefficient (Wildman–Crippen LogP) is 7.49. The van der Waals surface area contributed by atoms with Gasteiger partial charge in [0.1, 0.15) is 0 Å². The zero-order valence-electron chi connectivity index (χ0n) is 19.4. The molecule has 160 valence electrons. The van der Waals surface area contributed by atoms with Crippen molar-refractivity contribution in [2.45, 2.75) is 117 Å². The summed E-state index contributed by atoms with van der Waals surface area (Å²) in [5.41, 5.74) is 1.32. The van der Waals surface area contributed by atoms with Crippen LogP contribution in [-0.2, 0) is 4.74 Å². The van der Waals surface area contributed by atoms with Crippen LogP contribution in [0.25, 0.3) is 0 Å². The molecule has 4 saturated carbocycles. The molecule has 0 bridgehead atoms. The smallest absolute Gasteiger partial charge is 0.0864 e. The summed E-state index contributed by atoms with van der Waals surface area (Å²) >= 11 is 0. The third-order valence-electron chi connectivity index (χ3n) is 11.2. The van der Waals surface area contributed by atoms with E-state index in [1.807, 2.05) is 0 Å². The maximum absolute atomic E-state index is 6.04. The third-order valence-corrected chi connectivity index (χ3v) is 11.2. The van der Waals surface area contributed by atoms with Gasteiger partial charge < -0.3 is 4.74 Å². The molecule has 5 rings (SSSR count). The maximum atomic E-state index is 6.04. The van der Waals surface area contributed by atoms with E-state index in [-0.39, 0.29) is 0 Å². The first-order chi connectivity index (χ1) is 13.3. The van der Waals surface area contributed by atoms with Crippen molar-refractivity contribution < 1.29 is 4.74 Å². The number of ether oxygens (including phenoxy) is 1. The predicted molar refractivity (Wildman–Crippen MR) is 117 cm³/mol. The van der Waals surface area contributed by atoms with E-state index >= 15 is 0 Å².